The Morgan fingerprint density at radius 2 is 1.43 bits per heavy atom. The Kier molecular flexibility index (Phi) is 7.97. The first kappa shape index (κ1) is 18.2. The van der Waals surface area contributed by atoms with Crippen molar-refractivity contribution in [1.29, 1.82) is 0 Å². The quantitative estimate of drug-likeness (QED) is 0.606. The molecule has 0 unspecified atom stereocenters. The van der Waals surface area contributed by atoms with Crippen molar-refractivity contribution in [2.24, 2.45) is 0 Å². The van der Waals surface area contributed by atoms with Gasteiger partial charge >= 0.3 is 0 Å². The van der Waals surface area contributed by atoms with Crippen LogP contribution in [-0.4, -0.2) is 25.8 Å². The monoisotopic (exact) mass is 311 g/mol. The topological polar surface area (TPSA) is 37.4 Å². The third-order valence-corrected chi connectivity index (χ3v) is 5.90. The molecule has 120 valence electrons. The molecule has 0 saturated heterocycles. The minimum absolute atomic E-state index is 0.404. The van der Waals surface area contributed by atoms with E-state index in [1.807, 2.05) is 26.0 Å². The van der Waals surface area contributed by atoms with Gasteiger partial charge in [-0.1, -0.05) is 58.6 Å². The number of aryl methyl sites for hydroxylation is 1. The first-order valence-corrected chi connectivity index (χ1v) is 9.59. The second kappa shape index (κ2) is 9.21. The van der Waals surface area contributed by atoms with Crippen LogP contribution in [0.25, 0.3) is 0 Å². The average Bonchev–Trinajstić information content (AvgIpc) is 2.48. The fourth-order valence-corrected chi connectivity index (χ4v) is 3.93. The van der Waals surface area contributed by atoms with Crippen molar-refractivity contribution in [3.8, 4) is 0 Å². The van der Waals surface area contributed by atoms with Crippen LogP contribution in [0.15, 0.2) is 29.2 Å². The summed E-state index contributed by atoms with van der Waals surface area (Å²) in [5.41, 5.74) is 1.23. The van der Waals surface area contributed by atoms with Gasteiger partial charge in [-0.25, -0.2) is 8.42 Å². The van der Waals surface area contributed by atoms with Crippen molar-refractivity contribution in [3.05, 3.63) is 29.8 Å². The highest BCUT2D eigenvalue weighted by Crippen LogP contribution is 2.17. The molecule has 1 aromatic rings. The van der Waals surface area contributed by atoms with Gasteiger partial charge in [-0.15, -0.1) is 0 Å². The van der Waals surface area contributed by atoms with E-state index in [9.17, 15) is 8.42 Å². The van der Waals surface area contributed by atoms with Gasteiger partial charge < -0.3 is 0 Å². The number of hydrogen-bond acceptors (Lipinski definition) is 2. The van der Waals surface area contributed by atoms with Gasteiger partial charge in [-0.05, 0) is 30.5 Å². The fraction of sp³-hybridized carbons (Fsp3) is 0.647. The van der Waals surface area contributed by atoms with Crippen LogP contribution < -0.4 is 0 Å². The van der Waals surface area contributed by atoms with Crippen molar-refractivity contribution in [2.45, 2.75) is 64.2 Å². The van der Waals surface area contributed by atoms with Crippen LogP contribution in [0.3, 0.4) is 0 Å². The Hall–Kier alpha value is -0.870. The number of rotatable bonds is 10. The lowest BCUT2D eigenvalue weighted by Crippen LogP contribution is -2.30. The molecule has 0 atom stereocenters. The van der Waals surface area contributed by atoms with Gasteiger partial charge in [0.2, 0.25) is 10.0 Å². The van der Waals surface area contributed by atoms with E-state index in [1.54, 1.807) is 12.1 Å². The van der Waals surface area contributed by atoms with Crippen molar-refractivity contribution in [3.63, 3.8) is 0 Å². The first-order valence-electron chi connectivity index (χ1n) is 8.15. The molecule has 3 nitrogen and oxygen atoms in total. The molecule has 0 aliphatic rings. The largest absolute Gasteiger partial charge is 0.243 e. The van der Waals surface area contributed by atoms with Crippen LogP contribution in [0.5, 0.6) is 0 Å². The van der Waals surface area contributed by atoms with E-state index < -0.39 is 10.0 Å². The maximum absolute atomic E-state index is 12.4. The molecule has 0 aliphatic carbocycles. The molecule has 0 aliphatic heterocycles. The fourth-order valence-electron chi connectivity index (χ4n) is 2.47. The second-order valence-corrected chi connectivity index (χ2v) is 7.34. The van der Waals surface area contributed by atoms with E-state index in [0.29, 0.717) is 18.0 Å². The summed E-state index contributed by atoms with van der Waals surface area (Å²) in [6.45, 7) is 6.97. The number of unbranched alkanes of at least 4 members (excludes halogenated alkanes) is 4. The average molecular weight is 311 g/mol. The standard InChI is InChI=1S/C17H29NO2S/c1-4-7-8-9-10-11-16-12-14-17(15-13-16)21(19,20)18(5-2)6-3/h12-15H,4-11H2,1-3H3. The van der Waals surface area contributed by atoms with Crippen LogP contribution in [0.2, 0.25) is 0 Å². The molecule has 0 bridgehead atoms. The minimum Gasteiger partial charge on any atom is -0.207 e. The van der Waals surface area contributed by atoms with Gasteiger partial charge in [-0.3, -0.25) is 0 Å². The molecule has 1 aromatic carbocycles. The summed E-state index contributed by atoms with van der Waals surface area (Å²) in [5.74, 6) is 0. The Balaban J connectivity index is 2.61. The maximum Gasteiger partial charge on any atom is 0.243 e. The molecule has 0 N–H and O–H groups in total. The highest BCUT2D eigenvalue weighted by atomic mass is 32.2. The van der Waals surface area contributed by atoms with Crippen molar-refractivity contribution in [1.82, 2.24) is 4.31 Å². The van der Waals surface area contributed by atoms with E-state index in [1.165, 1.54) is 42.0 Å². The van der Waals surface area contributed by atoms with Crippen LogP contribution in [-0.2, 0) is 16.4 Å². The summed E-state index contributed by atoms with van der Waals surface area (Å²) in [7, 11) is -3.32. The molecule has 0 spiro atoms. The van der Waals surface area contributed by atoms with Crippen molar-refractivity contribution < 1.29 is 8.42 Å². The molecule has 4 heteroatoms. The van der Waals surface area contributed by atoms with E-state index in [-0.39, 0.29) is 0 Å². The van der Waals surface area contributed by atoms with Gasteiger partial charge in [0, 0.05) is 13.1 Å². The number of benzene rings is 1. The maximum atomic E-state index is 12.4. The SMILES string of the molecule is CCCCCCCc1ccc(S(=O)(=O)N(CC)CC)cc1. The molecule has 0 fully saturated rings. The summed E-state index contributed by atoms with van der Waals surface area (Å²) in [4.78, 5) is 0.404. The van der Waals surface area contributed by atoms with E-state index in [2.05, 4.69) is 6.92 Å². The smallest absolute Gasteiger partial charge is 0.207 e. The molecule has 1 rings (SSSR count). The zero-order valence-corrected chi connectivity index (χ0v) is 14.5. The highest BCUT2D eigenvalue weighted by Gasteiger charge is 2.20. The van der Waals surface area contributed by atoms with Gasteiger partial charge in [0.05, 0.1) is 4.90 Å². The Labute approximate surface area is 130 Å². The minimum atomic E-state index is -3.32. The molecule has 0 aromatic heterocycles. The van der Waals surface area contributed by atoms with Crippen LogP contribution >= 0.6 is 0 Å². The van der Waals surface area contributed by atoms with E-state index >= 15 is 0 Å². The molecule has 0 saturated carbocycles. The summed E-state index contributed by atoms with van der Waals surface area (Å²) in [5, 5.41) is 0. The van der Waals surface area contributed by atoms with Crippen LogP contribution in [0.4, 0.5) is 0 Å². The normalized spacial score (nSPS) is 12.0. The van der Waals surface area contributed by atoms with Crippen molar-refractivity contribution in [2.75, 3.05) is 13.1 Å². The molecule has 0 heterocycles. The van der Waals surface area contributed by atoms with Gasteiger partial charge in [-0.2, -0.15) is 4.31 Å². The molecular formula is C17H29NO2S. The zero-order chi connectivity index (χ0) is 15.7. The summed E-state index contributed by atoms with van der Waals surface area (Å²) >= 11 is 0. The van der Waals surface area contributed by atoms with Gasteiger partial charge in [0.25, 0.3) is 0 Å². The van der Waals surface area contributed by atoms with Crippen LogP contribution in [0, 0.1) is 0 Å². The third kappa shape index (κ3) is 5.44. The Morgan fingerprint density at radius 3 is 1.95 bits per heavy atom. The van der Waals surface area contributed by atoms with Gasteiger partial charge in [0.1, 0.15) is 0 Å². The van der Waals surface area contributed by atoms with E-state index in [4.69, 9.17) is 0 Å². The summed E-state index contributed by atoms with van der Waals surface area (Å²) in [6, 6.07) is 7.40. The zero-order valence-electron chi connectivity index (χ0n) is 13.6. The number of hydrogen-bond donors (Lipinski definition) is 0. The highest BCUT2D eigenvalue weighted by molar-refractivity contribution is 7.89. The summed E-state index contributed by atoms with van der Waals surface area (Å²) < 4.78 is 26.2. The lowest BCUT2D eigenvalue weighted by atomic mass is 10.1. The Morgan fingerprint density at radius 1 is 0.857 bits per heavy atom. The predicted octanol–water partition coefficient (Wildman–Crippen LogP) is 4.23. The molecule has 21 heavy (non-hydrogen) atoms. The molecule has 0 amide bonds. The first-order chi connectivity index (χ1) is 10.1. The second-order valence-electron chi connectivity index (χ2n) is 5.40. The van der Waals surface area contributed by atoms with Crippen LogP contribution in [0.1, 0.15) is 58.4 Å². The van der Waals surface area contributed by atoms with Crippen molar-refractivity contribution >= 4 is 10.0 Å². The van der Waals surface area contributed by atoms with Gasteiger partial charge in [0.15, 0.2) is 0 Å². The Bertz CT molecular complexity index is 490. The lowest BCUT2D eigenvalue weighted by Gasteiger charge is -2.18. The molecular weight excluding hydrogens is 282 g/mol. The predicted molar refractivity (Wildman–Crippen MR) is 89.0 cm³/mol. The van der Waals surface area contributed by atoms with E-state index in [0.717, 1.165) is 6.42 Å². The third-order valence-electron chi connectivity index (χ3n) is 3.84. The number of sulfonamides is 1. The lowest BCUT2D eigenvalue weighted by molar-refractivity contribution is 0.445. The summed E-state index contributed by atoms with van der Waals surface area (Å²) in [6.07, 6.45) is 7.34. The number of nitrogens with zero attached hydrogens (tertiary/aromatic N) is 1. The molecule has 0 radical (unpaired) electrons.